The Morgan fingerprint density at radius 2 is 1.94 bits per heavy atom. The number of unbranched alkanes of at least 4 members (excludes halogenated alkanes) is 1. The molecule has 0 radical (unpaired) electrons. The lowest BCUT2D eigenvalue weighted by Crippen LogP contribution is -2.43. The fraction of sp³-hybridized carbons (Fsp3) is 1.00. The van der Waals surface area contributed by atoms with Gasteiger partial charge in [0.05, 0.1) is 12.7 Å². The number of hydrogen-bond donors (Lipinski definition) is 1. The van der Waals surface area contributed by atoms with Crippen molar-refractivity contribution in [1.82, 2.24) is 4.90 Å². The lowest BCUT2D eigenvalue weighted by atomic mass is 9.92. The van der Waals surface area contributed by atoms with Crippen molar-refractivity contribution >= 4 is 0 Å². The van der Waals surface area contributed by atoms with Crippen LogP contribution in [0.25, 0.3) is 0 Å². The van der Waals surface area contributed by atoms with Crippen molar-refractivity contribution in [2.75, 3.05) is 32.8 Å². The van der Waals surface area contributed by atoms with Crippen LogP contribution in [0.5, 0.6) is 0 Å². The topological polar surface area (TPSA) is 32.7 Å². The van der Waals surface area contributed by atoms with E-state index in [0.717, 1.165) is 50.9 Å². The Bertz CT molecular complexity index is 189. The summed E-state index contributed by atoms with van der Waals surface area (Å²) in [6.07, 6.45) is 3.23. The molecule has 0 bridgehead atoms. The minimum absolute atomic E-state index is 0.329. The maximum Gasteiger partial charge on any atom is 0.0900 e. The van der Waals surface area contributed by atoms with Gasteiger partial charge in [-0.1, -0.05) is 27.2 Å². The van der Waals surface area contributed by atoms with E-state index in [1.807, 2.05) is 0 Å². The zero-order valence-corrected chi connectivity index (χ0v) is 11.7. The predicted molar refractivity (Wildman–Crippen MR) is 71.1 cm³/mol. The van der Waals surface area contributed by atoms with Crippen LogP contribution in [0.4, 0.5) is 0 Å². The standard InChI is InChI=1S/C14H29NO2/c1-4-5-6-17-11-14(16)10-15-8-12(2)7-13(3)9-15/h12-14,16H,4-11H2,1-3H3/t12-,13-,14-/m0/s1. The second-order valence-electron chi connectivity index (χ2n) is 5.75. The molecule has 0 unspecified atom stereocenters. The lowest BCUT2D eigenvalue weighted by Gasteiger charge is -2.35. The number of aliphatic hydroxyl groups excluding tert-OH is 1. The van der Waals surface area contributed by atoms with Gasteiger partial charge >= 0.3 is 0 Å². The van der Waals surface area contributed by atoms with E-state index >= 15 is 0 Å². The molecule has 1 aliphatic heterocycles. The monoisotopic (exact) mass is 243 g/mol. The van der Waals surface area contributed by atoms with Crippen LogP contribution in [0.15, 0.2) is 0 Å². The Balaban J connectivity index is 2.14. The number of likely N-dealkylation sites (tertiary alicyclic amines) is 1. The molecule has 1 fully saturated rings. The first-order valence-corrected chi connectivity index (χ1v) is 7.10. The summed E-state index contributed by atoms with van der Waals surface area (Å²) >= 11 is 0. The van der Waals surface area contributed by atoms with Gasteiger partial charge in [-0.2, -0.15) is 0 Å². The Hall–Kier alpha value is -0.120. The van der Waals surface area contributed by atoms with Crippen LogP contribution in [-0.2, 0) is 4.74 Å². The molecule has 0 amide bonds. The largest absolute Gasteiger partial charge is 0.389 e. The van der Waals surface area contributed by atoms with Gasteiger partial charge in [0.2, 0.25) is 0 Å². The van der Waals surface area contributed by atoms with Crippen molar-refractivity contribution in [3.05, 3.63) is 0 Å². The van der Waals surface area contributed by atoms with Crippen LogP contribution in [-0.4, -0.2) is 49.0 Å². The van der Waals surface area contributed by atoms with E-state index in [2.05, 4.69) is 25.7 Å². The molecular formula is C14H29NO2. The third kappa shape index (κ3) is 6.39. The molecule has 0 aliphatic carbocycles. The summed E-state index contributed by atoms with van der Waals surface area (Å²) < 4.78 is 5.45. The molecule has 3 atom stereocenters. The highest BCUT2D eigenvalue weighted by molar-refractivity contribution is 4.76. The molecule has 102 valence electrons. The highest BCUT2D eigenvalue weighted by Gasteiger charge is 2.23. The Kier molecular flexibility index (Phi) is 7.09. The van der Waals surface area contributed by atoms with E-state index in [4.69, 9.17) is 4.74 Å². The average molecular weight is 243 g/mol. The molecule has 1 saturated heterocycles. The van der Waals surface area contributed by atoms with Gasteiger partial charge in [-0.05, 0) is 24.7 Å². The number of hydrogen-bond acceptors (Lipinski definition) is 3. The van der Waals surface area contributed by atoms with Crippen LogP contribution < -0.4 is 0 Å². The van der Waals surface area contributed by atoms with Crippen molar-refractivity contribution < 1.29 is 9.84 Å². The minimum atomic E-state index is -0.329. The van der Waals surface area contributed by atoms with E-state index in [0.29, 0.717) is 6.61 Å². The Morgan fingerprint density at radius 3 is 2.53 bits per heavy atom. The number of ether oxygens (including phenoxy) is 1. The molecule has 1 N–H and O–H groups in total. The van der Waals surface area contributed by atoms with Crippen LogP contribution in [0.2, 0.25) is 0 Å². The molecule has 3 nitrogen and oxygen atoms in total. The van der Waals surface area contributed by atoms with Gasteiger partial charge in [-0.3, -0.25) is 0 Å². The smallest absolute Gasteiger partial charge is 0.0900 e. The number of rotatable bonds is 7. The second-order valence-corrected chi connectivity index (χ2v) is 5.75. The number of β-amino-alcohol motifs (C(OH)–C–C–N with tert-alkyl or cyclic N) is 1. The number of piperidine rings is 1. The number of nitrogens with zero attached hydrogens (tertiary/aromatic N) is 1. The highest BCUT2D eigenvalue weighted by Crippen LogP contribution is 2.20. The third-order valence-corrected chi connectivity index (χ3v) is 3.37. The second kappa shape index (κ2) is 8.06. The summed E-state index contributed by atoms with van der Waals surface area (Å²) in [4.78, 5) is 2.38. The van der Waals surface area contributed by atoms with E-state index in [-0.39, 0.29) is 6.10 Å². The van der Waals surface area contributed by atoms with Gasteiger partial charge in [-0.25, -0.2) is 0 Å². The SMILES string of the molecule is CCCCOC[C@@H](O)CN1C[C@@H](C)C[C@H](C)C1. The molecule has 1 aliphatic rings. The maximum atomic E-state index is 9.91. The van der Waals surface area contributed by atoms with Crippen LogP contribution in [0, 0.1) is 11.8 Å². The van der Waals surface area contributed by atoms with Gasteiger partial charge in [0.1, 0.15) is 0 Å². The van der Waals surface area contributed by atoms with Crippen molar-refractivity contribution in [1.29, 1.82) is 0 Å². The van der Waals surface area contributed by atoms with Crippen LogP contribution in [0.1, 0.15) is 40.0 Å². The molecule has 3 heteroatoms. The van der Waals surface area contributed by atoms with Crippen molar-refractivity contribution in [3.8, 4) is 0 Å². The average Bonchev–Trinajstić information content (AvgIpc) is 2.23. The Morgan fingerprint density at radius 1 is 1.29 bits per heavy atom. The first-order valence-electron chi connectivity index (χ1n) is 7.10. The van der Waals surface area contributed by atoms with E-state index in [9.17, 15) is 5.11 Å². The summed E-state index contributed by atoms with van der Waals surface area (Å²) in [5.74, 6) is 1.51. The molecule has 0 spiro atoms. The van der Waals surface area contributed by atoms with E-state index in [1.165, 1.54) is 6.42 Å². The highest BCUT2D eigenvalue weighted by atomic mass is 16.5. The van der Waals surface area contributed by atoms with Gasteiger partial charge in [-0.15, -0.1) is 0 Å². The first kappa shape index (κ1) is 14.9. The molecule has 0 saturated carbocycles. The molecule has 1 heterocycles. The van der Waals surface area contributed by atoms with Crippen LogP contribution in [0.3, 0.4) is 0 Å². The van der Waals surface area contributed by atoms with Crippen molar-refractivity contribution in [2.24, 2.45) is 11.8 Å². The van der Waals surface area contributed by atoms with Crippen molar-refractivity contribution in [3.63, 3.8) is 0 Å². The summed E-state index contributed by atoms with van der Waals surface area (Å²) in [6, 6.07) is 0. The zero-order valence-electron chi connectivity index (χ0n) is 11.7. The van der Waals surface area contributed by atoms with Gasteiger partial charge in [0, 0.05) is 26.2 Å². The molecule has 0 aromatic rings. The molecule has 0 aromatic carbocycles. The van der Waals surface area contributed by atoms with Crippen LogP contribution >= 0.6 is 0 Å². The predicted octanol–water partition coefficient (Wildman–Crippen LogP) is 2.14. The molecule has 17 heavy (non-hydrogen) atoms. The first-order chi connectivity index (χ1) is 8.11. The summed E-state index contributed by atoms with van der Waals surface area (Å²) in [5.41, 5.74) is 0. The summed E-state index contributed by atoms with van der Waals surface area (Å²) in [6.45, 7) is 11.0. The Labute approximate surface area is 106 Å². The quantitative estimate of drug-likeness (QED) is 0.695. The van der Waals surface area contributed by atoms with E-state index < -0.39 is 0 Å². The summed E-state index contributed by atoms with van der Waals surface area (Å²) in [7, 11) is 0. The third-order valence-electron chi connectivity index (χ3n) is 3.37. The fourth-order valence-corrected chi connectivity index (χ4v) is 2.76. The van der Waals surface area contributed by atoms with Crippen molar-refractivity contribution in [2.45, 2.75) is 46.1 Å². The number of aliphatic hydroxyl groups is 1. The minimum Gasteiger partial charge on any atom is -0.389 e. The zero-order chi connectivity index (χ0) is 12.7. The van der Waals surface area contributed by atoms with Gasteiger partial charge in [0.25, 0.3) is 0 Å². The lowest BCUT2D eigenvalue weighted by molar-refractivity contribution is 0.00405. The van der Waals surface area contributed by atoms with Gasteiger partial charge < -0.3 is 14.7 Å². The summed E-state index contributed by atoms with van der Waals surface area (Å²) in [5, 5.41) is 9.91. The van der Waals surface area contributed by atoms with Gasteiger partial charge in [0.15, 0.2) is 0 Å². The van der Waals surface area contributed by atoms with E-state index in [1.54, 1.807) is 0 Å². The molecule has 1 rings (SSSR count). The fourth-order valence-electron chi connectivity index (χ4n) is 2.76. The molecular weight excluding hydrogens is 214 g/mol. The normalized spacial score (nSPS) is 28.2. The maximum absolute atomic E-state index is 9.91. The molecule has 0 aromatic heterocycles.